The number of sulfonamides is 1. The number of morpholine rings is 1. The molecule has 3 N–H and O–H groups in total. The Labute approximate surface area is 250 Å². The number of piperidine rings is 1. The van der Waals surface area contributed by atoms with Crippen molar-refractivity contribution in [2.75, 3.05) is 73.1 Å². The highest BCUT2D eigenvalue weighted by Gasteiger charge is 2.37. The quantitative estimate of drug-likeness (QED) is 0.339. The molecule has 2 saturated heterocycles. The molecular formula is C28H34ClN7O5S. The summed E-state index contributed by atoms with van der Waals surface area (Å²) in [6.45, 7) is 5.16. The highest BCUT2D eigenvalue weighted by Crippen LogP contribution is 2.44. The van der Waals surface area contributed by atoms with Crippen molar-refractivity contribution in [1.29, 1.82) is 0 Å². The predicted octanol–water partition coefficient (Wildman–Crippen LogP) is 4.06. The number of hydrogen-bond acceptors (Lipinski definition) is 11. The largest absolute Gasteiger partial charge is 0.494 e. The number of anilines is 6. The van der Waals surface area contributed by atoms with E-state index in [0.717, 1.165) is 63.4 Å². The molecule has 3 aromatic rings. The molecule has 3 aliphatic rings. The molecule has 0 aliphatic carbocycles. The lowest BCUT2D eigenvalue weighted by Crippen LogP contribution is -2.55. The number of hydrogen-bond donors (Lipinski definition) is 3. The van der Waals surface area contributed by atoms with Crippen LogP contribution in [0, 0.1) is 0 Å². The van der Waals surface area contributed by atoms with Gasteiger partial charge < -0.3 is 29.7 Å². The van der Waals surface area contributed by atoms with Crippen molar-refractivity contribution in [3.8, 4) is 11.5 Å². The van der Waals surface area contributed by atoms with Gasteiger partial charge in [-0.1, -0.05) is 23.7 Å². The van der Waals surface area contributed by atoms with E-state index < -0.39 is 10.0 Å². The van der Waals surface area contributed by atoms with Gasteiger partial charge in [-0.3, -0.25) is 9.62 Å². The van der Waals surface area contributed by atoms with Gasteiger partial charge >= 0.3 is 0 Å². The first-order valence-corrected chi connectivity index (χ1v) is 16.1. The topological polar surface area (TPSA) is 130 Å². The zero-order chi connectivity index (χ0) is 29.3. The Kier molecular flexibility index (Phi) is 8.17. The highest BCUT2D eigenvalue weighted by molar-refractivity contribution is 7.92. The van der Waals surface area contributed by atoms with Gasteiger partial charge in [0.25, 0.3) is 0 Å². The molecule has 0 saturated carbocycles. The number of aromatic nitrogens is 2. The summed E-state index contributed by atoms with van der Waals surface area (Å²) in [5, 5.41) is 6.60. The first-order chi connectivity index (χ1) is 20.3. The van der Waals surface area contributed by atoms with E-state index in [1.165, 1.54) is 6.20 Å². The second kappa shape index (κ2) is 12.0. The summed E-state index contributed by atoms with van der Waals surface area (Å²) in [5.41, 5.74) is 2.51. The molecule has 12 nitrogen and oxygen atoms in total. The molecule has 1 aromatic heterocycles. The Hall–Kier alpha value is -3.52. The summed E-state index contributed by atoms with van der Waals surface area (Å²) in [6.07, 6.45) is 4.71. The van der Waals surface area contributed by atoms with E-state index in [4.69, 9.17) is 25.8 Å². The molecule has 2 fully saturated rings. The zero-order valence-electron chi connectivity index (χ0n) is 23.5. The summed E-state index contributed by atoms with van der Waals surface area (Å²) in [6, 6.07) is 11.6. The van der Waals surface area contributed by atoms with E-state index in [9.17, 15) is 8.42 Å². The highest BCUT2D eigenvalue weighted by atomic mass is 35.5. The number of nitrogens with one attached hydrogen (secondary N) is 3. The minimum atomic E-state index is -3.49. The van der Waals surface area contributed by atoms with Crippen LogP contribution in [0.2, 0.25) is 5.02 Å². The van der Waals surface area contributed by atoms with E-state index in [1.54, 1.807) is 31.4 Å². The van der Waals surface area contributed by atoms with E-state index in [0.29, 0.717) is 47.3 Å². The lowest BCUT2D eigenvalue weighted by molar-refractivity contribution is 0.00628. The summed E-state index contributed by atoms with van der Waals surface area (Å²) in [7, 11) is -1.86. The number of halogens is 1. The molecule has 2 atom stereocenters. The Balaban J connectivity index is 1.21. The summed E-state index contributed by atoms with van der Waals surface area (Å²) in [5.74, 6) is 1.97. The van der Waals surface area contributed by atoms with Crippen molar-refractivity contribution in [2.24, 2.45) is 0 Å². The fourth-order valence-corrected chi connectivity index (χ4v) is 6.48. The van der Waals surface area contributed by atoms with Crippen molar-refractivity contribution in [2.45, 2.75) is 24.9 Å². The minimum absolute atomic E-state index is 0.266. The molecule has 0 bridgehead atoms. The lowest BCUT2D eigenvalue weighted by Gasteiger charge is -2.47. The third kappa shape index (κ3) is 6.28. The monoisotopic (exact) mass is 615 g/mol. The van der Waals surface area contributed by atoms with Gasteiger partial charge in [0.2, 0.25) is 16.0 Å². The summed E-state index contributed by atoms with van der Waals surface area (Å²) >= 11 is 6.40. The van der Waals surface area contributed by atoms with Gasteiger partial charge in [-0.05, 0) is 25.0 Å². The third-order valence-corrected chi connectivity index (χ3v) is 8.61. The number of methoxy groups -OCH3 is 1. The van der Waals surface area contributed by atoms with Crippen molar-refractivity contribution < 1.29 is 22.6 Å². The van der Waals surface area contributed by atoms with E-state index in [2.05, 4.69) is 35.1 Å². The summed E-state index contributed by atoms with van der Waals surface area (Å²) < 4.78 is 43.7. The summed E-state index contributed by atoms with van der Waals surface area (Å²) in [4.78, 5) is 13.9. The number of nitrogens with zero attached hydrogens (tertiary/aromatic N) is 4. The molecule has 42 heavy (non-hydrogen) atoms. The molecule has 0 unspecified atom stereocenters. The predicted molar refractivity (Wildman–Crippen MR) is 164 cm³/mol. The maximum absolute atomic E-state index is 11.8. The van der Waals surface area contributed by atoms with Crippen molar-refractivity contribution in [3.05, 3.63) is 47.6 Å². The van der Waals surface area contributed by atoms with Gasteiger partial charge in [0.05, 0.1) is 61.6 Å². The number of para-hydroxylation sites is 2. The molecule has 224 valence electrons. The first-order valence-electron chi connectivity index (χ1n) is 13.8. The molecule has 6 rings (SSSR count). The number of fused-ring (bicyclic) bond motifs is 3. The first kappa shape index (κ1) is 28.6. The van der Waals surface area contributed by atoms with Crippen LogP contribution < -0.4 is 29.7 Å². The molecule has 2 aromatic carbocycles. The van der Waals surface area contributed by atoms with Gasteiger partial charge in [0, 0.05) is 37.8 Å². The fourth-order valence-electron chi connectivity index (χ4n) is 5.76. The van der Waals surface area contributed by atoms with Gasteiger partial charge in [0.1, 0.15) is 23.1 Å². The second-order valence-electron chi connectivity index (χ2n) is 10.6. The molecule has 0 radical (unpaired) electrons. The van der Waals surface area contributed by atoms with Crippen LogP contribution >= 0.6 is 11.6 Å². The smallest absolute Gasteiger partial charge is 0.229 e. The minimum Gasteiger partial charge on any atom is -0.494 e. The molecule has 4 heterocycles. The zero-order valence-corrected chi connectivity index (χ0v) is 25.0. The third-order valence-electron chi connectivity index (χ3n) is 7.74. The fraction of sp³-hybridized carbons (Fsp3) is 0.429. The Morgan fingerprint density at radius 1 is 1.05 bits per heavy atom. The number of ether oxygens (including phenoxy) is 3. The Morgan fingerprint density at radius 2 is 1.83 bits per heavy atom. The van der Waals surface area contributed by atoms with Crippen LogP contribution in [0.1, 0.15) is 12.8 Å². The van der Waals surface area contributed by atoms with Crippen LogP contribution in [0.15, 0.2) is 42.6 Å². The number of rotatable bonds is 8. The normalized spacial score (nSPS) is 20.6. The van der Waals surface area contributed by atoms with Gasteiger partial charge in [-0.15, -0.1) is 0 Å². The molecule has 0 spiro atoms. The number of benzene rings is 2. The van der Waals surface area contributed by atoms with Crippen LogP contribution in [0.4, 0.5) is 34.5 Å². The van der Waals surface area contributed by atoms with Crippen molar-refractivity contribution >= 4 is 56.1 Å². The Morgan fingerprint density at radius 3 is 2.60 bits per heavy atom. The SMILES string of the molecule is COc1cc2c(cc1Nc1ncc(Cl)c(Nc3ccccc3NS(C)(=O)=O)n1)OC[C@@H]1C[C@H](N3CCOCC3)CCN21. The average molecular weight is 616 g/mol. The van der Waals surface area contributed by atoms with Crippen molar-refractivity contribution in [3.63, 3.8) is 0 Å². The Bertz CT molecular complexity index is 1550. The standard InChI is InChI=1S/C28H34ClN7O5S/c1-39-25-15-24-26(41-17-19-13-18(7-8-36(19)24)35-9-11-40-12-10-35)14-23(25)32-28-30-16-20(29)27(33-28)31-21-5-3-4-6-22(21)34-42(2,37)38/h3-6,14-16,18-19,34H,7-13,17H2,1-2H3,(H2,30,31,32,33)/t18-,19+/m1/s1. The maximum Gasteiger partial charge on any atom is 0.229 e. The van der Waals surface area contributed by atoms with Crippen LogP contribution in [0.5, 0.6) is 11.5 Å². The van der Waals surface area contributed by atoms with Gasteiger partial charge in [-0.2, -0.15) is 4.98 Å². The van der Waals surface area contributed by atoms with E-state index in [1.807, 2.05) is 12.1 Å². The van der Waals surface area contributed by atoms with Crippen LogP contribution in [-0.2, 0) is 14.8 Å². The van der Waals surface area contributed by atoms with Gasteiger partial charge in [0.15, 0.2) is 5.82 Å². The molecule has 14 heteroatoms. The van der Waals surface area contributed by atoms with Crippen LogP contribution in [0.3, 0.4) is 0 Å². The maximum atomic E-state index is 11.8. The lowest BCUT2D eigenvalue weighted by atomic mass is 9.94. The van der Waals surface area contributed by atoms with Crippen LogP contribution in [-0.4, -0.2) is 88.2 Å². The van der Waals surface area contributed by atoms with Crippen LogP contribution in [0.25, 0.3) is 0 Å². The molecule has 0 amide bonds. The molecular weight excluding hydrogens is 582 g/mol. The van der Waals surface area contributed by atoms with E-state index in [-0.39, 0.29) is 11.0 Å². The average Bonchev–Trinajstić information content (AvgIpc) is 2.99. The second-order valence-corrected chi connectivity index (χ2v) is 12.7. The molecule has 3 aliphatic heterocycles. The van der Waals surface area contributed by atoms with E-state index >= 15 is 0 Å². The van der Waals surface area contributed by atoms with Crippen molar-refractivity contribution in [1.82, 2.24) is 14.9 Å². The van der Waals surface area contributed by atoms with Gasteiger partial charge in [-0.25, -0.2) is 13.4 Å².